The van der Waals surface area contributed by atoms with Crippen molar-refractivity contribution in [1.82, 2.24) is 0 Å². The minimum absolute atomic E-state index is 0.389. The lowest BCUT2D eigenvalue weighted by Gasteiger charge is -2.26. The molecule has 0 bridgehead atoms. The number of carbonyl (C=O) groups excluding carboxylic acids is 2. The van der Waals surface area contributed by atoms with Gasteiger partial charge in [-0.1, -0.05) is 23.7 Å². The van der Waals surface area contributed by atoms with Crippen LogP contribution in [-0.4, -0.2) is 17.5 Å². The molecule has 2 N–H and O–H groups in total. The molecule has 1 saturated heterocycles. The SMILES string of the molecule is CC1(C)OC(=O)C(C(N)=O)C1c1ccc(Cl)cc1. The third kappa shape index (κ3) is 2.08. The van der Waals surface area contributed by atoms with Crippen molar-refractivity contribution in [3.63, 3.8) is 0 Å². The van der Waals surface area contributed by atoms with Crippen LogP contribution in [0.15, 0.2) is 24.3 Å². The largest absolute Gasteiger partial charge is 0.458 e. The Balaban J connectivity index is 2.47. The Labute approximate surface area is 110 Å². The Morgan fingerprint density at radius 2 is 1.89 bits per heavy atom. The summed E-state index contributed by atoms with van der Waals surface area (Å²) in [4.78, 5) is 23.2. The van der Waals surface area contributed by atoms with E-state index in [0.29, 0.717) is 5.02 Å². The van der Waals surface area contributed by atoms with Crippen molar-refractivity contribution in [3.8, 4) is 0 Å². The fourth-order valence-electron chi connectivity index (χ4n) is 2.47. The number of esters is 1. The van der Waals surface area contributed by atoms with E-state index in [1.807, 2.05) is 0 Å². The molecule has 4 nitrogen and oxygen atoms in total. The zero-order chi connectivity index (χ0) is 13.5. The second-order valence-electron chi connectivity index (χ2n) is 4.93. The molecular formula is C13H14ClNO3. The molecule has 96 valence electrons. The summed E-state index contributed by atoms with van der Waals surface area (Å²) in [5.74, 6) is -2.56. The van der Waals surface area contributed by atoms with Gasteiger partial charge in [-0.2, -0.15) is 0 Å². The van der Waals surface area contributed by atoms with Gasteiger partial charge in [0.2, 0.25) is 5.91 Å². The molecule has 0 saturated carbocycles. The van der Waals surface area contributed by atoms with Crippen LogP contribution in [0.1, 0.15) is 25.3 Å². The minimum atomic E-state index is -0.943. The monoisotopic (exact) mass is 267 g/mol. The molecule has 18 heavy (non-hydrogen) atoms. The van der Waals surface area contributed by atoms with Crippen molar-refractivity contribution in [2.45, 2.75) is 25.4 Å². The molecular weight excluding hydrogens is 254 g/mol. The van der Waals surface area contributed by atoms with Gasteiger partial charge >= 0.3 is 5.97 Å². The van der Waals surface area contributed by atoms with Gasteiger partial charge in [0.05, 0.1) is 0 Å². The molecule has 1 aliphatic rings. The van der Waals surface area contributed by atoms with Crippen LogP contribution >= 0.6 is 11.6 Å². The number of ether oxygens (including phenoxy) is 1. The number of amides is 1. The average Bonchev–Trinajstić information content (AvgIpc) is 2.49. The first-order valence-electron chi connectivity index (χ1n) is 5.60. The van der Waals surface area contributed by atoms with Crippen LogP contribution in [-0.2, 0) is 14.3 Å². The number of nitrogens with two attached hydrogens (primary N) is 1. The summed E-state index contributed by atoms with van der Waals surface area (Å²) in [6.07, 6.45) is 0. The lowest BCUT2D eigenvalue weighted by atomic mass is 9.78. The normalized spacial score (nSPS) is 25.8. The van der Waals surface area contributed by atoms with Gasteiger partial charge in [0, 0.05) is 10.9 Å². The maximum Gasteiger partial charge on any atom is 0.319 e. The number of primary amides is 1. The maximum atomic E-state index is 11.7. The first kappa shape index (κ1) is 12.9. The van der Waals surface area contributed by atoms with Crippen molar-refractivity contribution in [2.24, 2.45) is 11.7 Å². The highest BCUT2D eigenvalue weighted by Crippen LogP contribution is 2.44. The van der Waals surface area contributed by atoms with E-state index in [-0.39, 0.29) is 5.92 Å². The molecule has 2 unspecified atom stereocenters. The first-order chi connectivity index (χ1) is 8.33. The van der Waals surface area contributed by atoms with Gasteiger partial charge in [0.15, 0.2) is 0 Å². The number of benzene rings is 1. The van der Waals surface area contributed by atoms with E-state index < -0.39 is 23.4 Å². The summed E-state index contributed by atoms with van der Waals surface area (Å²) in [6, 6.07) is 7.00. The van der Waals surface area contributed by atoms with E-state index in [1.54, 1.807) is 38.1 Å². The van der Waals surface area contributed by atoms with Crippen LogP contribution in [0, 0.1) is 5.92 Å². The molecule has 1 fully saturated rings. The first-order valence-corrected chi connectivity index (χ1v) is 5.98. The topological polar surface area (TPSA) is 69.4 Å². The van der Waals surface area contributed by atoms with Gasteiger partial charge in [0.1, 0.15) is 11.5 Å². The summed E-state index contributed by atoms with van der Waals surface area (Å²) in [5, 5.41) is 0.595. The lowest BCUT2D eigenvalue weighted by Crippen LogP contribution is -2.34. The summed E-state index contributed by atoms with van der Waals surface area (Å²) < 4.78 is 5.25. The van der Waals surface area contributed by atoms with Gasteiger partial charge < -0.3 is 10.5 Å². The molecule has 2 rings (SSSR count). The van der Waals surface area contributed by atoms with Crippen molar-refractivity contribution in [3.05, 3.63) is 34.9 Å². The van der Waals surface area contributed by atoms with E-state index >= 15 is 0 Å². The highest BCUT2D eigenvalue weighted by atomic mass is 35.5. The Morgan fingerprint density at radius 3 is 2.39 bits per heavy atom. The number of rotatable bonds is 2. The van der Waals surface area contributed by atoms with Crippen LogP contribution in [0.4, 0.5) is 0 Å². The van der Waals surface area contributed by atoms with Gasteiger partial charge in [-0.25, -0.2) is 0 Å². The van der Waals surface area contributed by atoms with Crippen LogP contribution in [0.25, 0.3) is 0 Å². The fraction of sp³-hybridized carbons (Fsp3) is 0.385. The van der Waals surface area contributed by atoms with Gasteiger partial charge in [-0.15, -0.1) is 0 Å². The van der Waals surface area contributed by atoms with Crippen LogP contribution in [0.2, 0.25) is 5.02 Å². The third-order valence-electron chi connectivity index (χ3n) is 3.24. The molecule has 5 heteroatoms. The lowest BCUT2D eigenvalue weighted by molar-refractivity contribution is -0.150. The average molecular weight is 268 g/mol. The number of carbonyl (C=O) groups is 2. The highest BCUT2D eigenvalue weighted by Gasteiger charge is 2.53. The Kier molecular flexibility index (Phi) is 3.07. The molecule has 0 spiro atoms. The van der Waals surface area contributed by atoms with Crippen LogP contribution < -0.4 is 5.73 Å². The minimum Gasteiger partial charge on any atom is -0.458 e. The van der Waals surface area contributed by atoms with Crippen molar-refractivity contribution in [1.29, 1.82) is 0 Å². The van der Waals surface area contributed by atoms with E-state index in [0.717, 1.165) is 5.56 Å². The Hall–Kier alpha value is -1.55. The summed E-state index contributed by atoms with van der Waals surface area (Å²) in [5.41, 5.74) is 5.36. The molecule has 1 heterocycles. The fourth-order valence-corrected chi connectivity index (χ4v) is 2.59. The van der Waals surface area contributed by atoms with E-state index in [9.17, 15) is 9.59 Å². The molecule has 2 atom stereocenters. The quantitative estimate of drug-likeness (QED) is 0.657. The van der Waals surface area contributed by atoms with Crippen molar-refractivity contribution < 1.29 is 14.3 Å². The van der Waals surface area contributed by atoms with E-state index in [1.165, 1.54) is 0 Å². The Morgan fingerprint density at radius 1 is 1.33 bits per heavy atom. The molecule has 0 radical (unpaired) electrons. The predicted molar refractivity (Wildman–Crippen MR) is 67.0 cm³/mol. The Bertz CT molecular complexity index is 495. The smallest absolute Gasteiger partial charge is 0.319 e. The number of cyclic esters (lactones) is 1. The van der Waals surface area contributed by atoms with Gasteiger partial charge in [-0.05, 0) is 31.5 Å². The van der Waals surface area contributed by atoms with Crippen molar-refractivity contribution >= 4 is 23.5 Å². The molecule has 0 aliphatic carbocycles. The van der Waals surface area contributed by atoms with E-state index in [2.05, 4.69) is 0 Å². The third-order valence-corrected chi connectivity index (χ3v) is 3.49. The van der Waals surface area contributed by atoms with Crippen LogP contribution in [0.5, 0.6) is 0 Å². The van der Waals surface area contributed by atoms with Gasteiger partial charge in [0.25, 0.3) is 0 Å². The number of hydrogen-bond donors (Lipinski definition) is 1. The standard InChI is InChI=1S/C13H14ClNO3/c1-13(2)10(7-3-5-8(14)6-4-7)9(11(15)16)12(17)18-13/h3-6,9-10H,1-2H3,(H2,15,16). The van der Waals surface area contributed by atoms with E-state index in [4.69, 9.17) is 22.1 Å². The number of halogens is 1. The molecule has 1 aromatic carbocycles. The predicted octanol–water partition coefficient (Wildman–Crippen LogP) is 1.86. The second-order valence-corrected chi connectivity index (χ2v) is 5.37. The molecule has 1 aromatic rings. The zero-order valence-electron chi connectivity index (χ0n) is 10.1. The van der Waals surface area contributed by atoms with Gasteiger partial charge in [-0.3, -0.25) is 9.59 Å². The zero-order valence-corrected chi connectivity index (χ0v) is 10.9. The number of hydrogen-bond acceptors (Lipinski definition) is 3. The van der Waals surface area contributed by atoms with Crippen molar-refractivity contribution in [2.75, 3.05) is 0 Å². The summed E-state index contributed by atoms with van der Waals surface area (Å²) in [6.45, 7) is 3.54. The molecule has 1 aliphatic heterocycles. The molecule has 0 aromatic heterocycles. The summed E-state index contributed by atoms with van der Waals surface area (Å²) in [7, 11) is 0. The highest BCUT2D eigenvalue weighted by molar-refractivity contribution is 6.30. The second kappa shape index (κ2) is 4.28. The van der Waals surface area contributed by atoms with Crippen LogP contribution in [0.3, 0.4) is 0 Å². The molecule has 1 amide bonds. The summed E-state index contributed by atoms with van der Waals surface area (Å²) >= 11 is 5.83. The maximum absolute atomic E-state index is 11.7.